The highest BCUT2D eigenvalue weighted by Crippen LogP contribution is 2.55. The smallest absolute Gasteiger partial charge is 0.338 e. The lowest BCUT2D eigenvalue weighted by Gasteiger charge is -2.32. The van der Waals surface area contributed by atoms with Gasteiger partial charge in [-0.1, -0.05) is 38.0 Å². The SMILES string of the molecule is CCCCCP(=O)([O-])OP(=O)([O-])OC[C@H]1O[C@@H](n2ccc(=O)[nH]c2=O)C(OC(=O)c2ccccc2)[C@H]1O. The predicted octanol–water partition coefficient (Wildman–Crippen LogP) is 0.266. The number of nitrogens with one attached hydrogen (secondary N) is 1. The largest absolute Gasteiger partial charge is 0.778 e. The molecule has 0 saturated carbocycles. The molecule has 1 fully saturated rings. The topological polar surface area (TPSA) is 209 Å². The second kappa shape index (κ2) is 12.4. The van der Waals surface area contributed by atoms with Crippen molar-refractivity contribution in [1.29, 1.82) is 0 Å². The Morgan fingerprint density at radius 2 is 1.86 bits per heavy atom. The van der Waals surface area contributed by atoms with Crippen molar-refractivity contribution < 1.29 is 47.1 Å². The molecule has 0 spiro atoms. The minimum Gasteiger partial charge on any atom is -0.778 e. The maximum Gasteiger partial charge on any atom is 0.338 e. The molecule has 3 rings (SSSR count). The number of hydrogen-bond acceptors (Lipinski definition) is 12. The van der Waals surface area contributed by atoms with E-state index in [-0.39, 0.29) is 12.0 Å². The van der Waals surface area contributed by atoms with Crippen LogP contribution in [0, 0.1) is 0 Å². The summed E-state index contributed by atoms with van der Waals surface area (Å²) in [5.74, 6) is -0.880. The third kappa shape index (κ3) is 8.03. The van der Waals surface area contributed by atoms with Gasteiger partial charge in [-0.15, -0.1) is 0 Å². The molecule has 2 N–H and O–H groups in total. The molecule has 0 radical (unpaired) electrons. The van der Waals surface area contributed by atoms with Crippen molar-refractivity contribution in [2.45, 2.75) is 50.7 Å². The first kappa shape index (κ1) is 29.2. The molecule has 1 saturated heterocycles. The van der Waals surface area contributed by atoms with E-state index in [0.29, 0.717) is 12.8 Å². The third-order valence-electron chi connectivity index (χ3n) is 5.35. The quantitative estimate of drug-likeness (QED) is 0.204. The van der Waals surface area contributed by atoms with Crippen molar-refractivity contribution in [3.8, 4) is 0 Å². The lowest BCUT2D eigenvalue weighted by Crippen LogP contribution is -2.40. The van der Waals surface area contributed by atoms with E-state index >= 15 is 0 Å². The summed E-state index contributed by atoms with van der Waals surface area (Å²) in [5.41, 5.74) is -1.55. The van der Waals surface area contributed by atoms with Crippen LogP contribution in [-0.2, 0) is 27.4 Å². The second-order valence-corrected chi connectivity index (χ2v) is 11.7. The van der Waals surface area contributed by atoms with E-state index < -0.39 is 69.9 Å². The van der Waals surface area contributed by atoms with E-state index in [2.05, 4.69) is 8.83 Å². The maximum atomic E-state index is 12.6. The zero-order valence-electron chi connectivity index (χ0n) is 19.7. The first-order chi connectivity index (χ1) is 17.4. The van der Waals surface area contributed by atoms with Crippen LogP contribution >= 0.6 is 15.4 Å². The fraction of sp³-hybridized carbons (Fsp3) is 0.476. The summed E-state index contributed by atoms with van der Waals surface area (Å²) in [6, 6.07) is 8.68. The number of aliphatic hydroxyl groups excluding tert-OH is 1. The van der Waals surface area contributed by atoms with Crippen LogP contribution in [0.2, 0.25) is 0 Å². The van der Waals surface area contributed by atoms with E-state index in [9.17, 15) is 38.4 Å². The van der Waals surface area contributed by atoms with E-state index in [1.54, 1.807) is 18.2 Å². The highest BCUT2D eigenvalue weighted by Gasteiger charge is 2.48. The minimum atomic E-state index is -5.39. The van der Waals surface area contributed by atoms with Gasteiger partial charge >= 0.3 is 11.7 Å². The number of phosphoric ester groups is 1. The number of carbonyl (C=O) groups is 1. The number of hydrogen-bond donors (Lipinski definition) is 2. The fourth-order valence-corrected chi connectivity index (χ4v) is 6.21. The van der Waals surface area contributed by atoms with Crippen molar-refractivity contribution >= 4 is 21.4 Å². The van der Waals surface area contributed by atoms with Crippen LogP contribution in [0.1, 0.15) is 42.8 Å². The molecular formula is C21H26N2O12P2-2. The number of aromatic nitrogens is 2. The van der Waals surface area contributed by atoms with Crippen molar-refractivity contribution in [2.75, 3.05) is 12.8 Å². The summed E-state index contributed by atoms with van der Waals surface area (Å²) < 4.78 is 44.7. The summed E-state index contributed by atoms with van der Waals surface area (Å²) in [7, 11) is -10.1. The Bertz CT molecular complexity index is 1280. The number of esters is 1. The normalized spacial score (nSPS) is 24.8. The Hall–Kier alpha value is -2.41. The average molecular weight is 560 g/mol. The molecule has 204 valence electrons. The highest BCUT2D eigenvalue weighted by atomic mass is 31.3. The number of aromatic amines is 1. The number of H-pyrrole nitrogens is 1. The molecule has 16 heteroatoms. The Balaban J connectivity index is 1.77. The Morgan fingerprint density at radius 3 is 2.51 bits per heavy atom. The number of unbranched alkanes of at least 4 members (excludes halogenated alkanes) is 2. The number of carbonyl (C=O) groups excluding carboxylic acids is 1. The van der Waals surface area contributed by atoms with Gasteiger partial charge in [0.1, 0.15) is 19.8 Å². The molecule has 2 aromatic rings. The second-order valence-electron chi connectivity index (χ2n) is 8.18. The van der Waals surface area contributed by atoms with Crippen LogP contribution in [-0.4, -0.2) is 51.7 Å². The van der Waals surface area contributed by atoms with E-state index in [1.807, 2.05) is 11.9 Å². The fourth-order valence-electron chi connectivity index (χ4n) is 3.54. The Kier molecular flexibility index (Phi) is 9.79. The number of benzene rings is 1. The molecule has 2 heterocycles. The van der Waals surface area contributed by atoms with Gasteiger partial charge in [-0.2, -0.15) is 0 Å². The molecule has 0 amide bonds. The minimum absolute atomic E-state index is 0.119. The molecule has 1 aromatic heterocycles. The van der Waals surface area contributed by atoms with Gasteiger partial charge in [0.2, 0.25) is 0 Å². The van der Waals surface area contributed by atoms with E-state index in [0.717, 1.165) is 16.8 Å². The van der Waals surface area contributed by atoms with E-state index in [1.165, 1.54) is 12.1 Å². The Labute approximate surface area is 210 Å². The zero-order chi connectivity index (χ0) is 27.2. The summed E-state index contributed by atoms with van der Waals surface area (Å²) >= 11 is 0. The van der Waals surface area contributed by atoms with Crippen LogP contribution in [0.3, 0.4) is 0 Å². The predicted molar refractivity (Wildman–Crippen MR) is 124 cm³/mol. The van der Waals surface area contributed by atoms with Crippen LogP contribution in [0.4, 0.5) is 0 Å². The molecule has 3 unspecified atom stereocenters. The van der Waals surface area contributed by atoms with E-state index in [4.69, 9.17) is 9.47 Å². The lowest BCUT2D eigenvalue weighted by atomic mass is 10.1. The summed E-state index contributed by atoms with van der Waals surface area (Å²) in [5, 5.41) is 10.8. The maximum absolute atomic E-state index is 12.6. The van der Waals surface area contributed by atoms with Crippen molar-refractivity contribution in [3.05, 3.63) is 69.0 Å². The van der Waals surface area contributed by atoms with Crippen LogP contribution < -0.4 is 21.0 Å². The Morgan fingerprint density at radius 1 is 1.16 bits per heavy atom. The third-order valence-corrected chi connectivity index (χ3v) is 8.47. The molecule has 14 nitrogen and oxygen atoms in total. The van der Waals surface area contributed by atoms with Gasteiger partial charge in [-0.25, -0.2) is 9.59 Å². The molecule has 1 aliphatic rings. The highest BCUT2D eigenvalue weighted by molar-refractivity contribution is 7.62. The van der Waals surface area contributed by atoms with Crippen molar-refractivity contribution in [1.82, 2.24) is 9.55 Å². The summed E-state index contributed by atoms with van der Waals surface area (Å²) in [6.45, 7) is 0.912. The lowest BCUT2D eigenvalue weighted by molar-refractivity contribution is -0.234. The summed E-state index contributed by atoms with van der Waals surface area (Å²) in [4.78, 5) is 62.4. The first-order valence-electron chi connectivity index (χ1n) is 11.3. The molecule has 0 aliphatic carbocycles. The summed E-state index contributed by atoms with van der Waals surface area (Å²) in [6.07, 6.45) is -4.27. The van der Waals surface area contributed by atoms with Crippen molar-refractivity contribution in [2.24, 2.45) is 0 Å². The van der Waals surface area contributed by atoms with Gasteiger partial charge in [0.25, 0.3) is 13.4 Å². The van der Waals surface area contributed by atoms with Crippen LogP contribution in [0.15, 0.2) is 52.2 Å². The van der Waals surface area contributed by atoms with Gasteiger partial charge in [0.15, 0.2) is 12.3 Å². The molecule has 1 aliphatic heterocycles. The van der Waals surface area contributed by atoms with Crippen molar-refractivity contribution in [3.63, 3.8) is 0 Å². The first-order valence-corrected chi connectivity index (χ1v) is 14.5. The van der Waals surface area contributed by atoms with Gasteiger partial charge in [0.05, 0.1) is 12.2 Å². The average Bonchev–Trinajstić information content (AvgIpc) is 3.12. The van der Waals surface area contributed by atoms with Crippen LogP contribution in [0.5, 0.6) is 0 Å². The number of aliphatic hydroxyl groups is 1. The molecular weight excluding hydrogens is 534 g/mol. The molecule has 6 atom stereocenters. The molecule has 37 heavy (non-hydrogen) atoms. The van der Waals surface area contributed by atoms with Gasteiger partial charge in [0, 0.05) is 18.4 Å². The number of ether oxygens (including phenoxy) is 2. The number of nitrogens with zero attached hydrogens (tertiary/aromatic N) is 1. The standard InChI is InChI=1S/C21H28N2O12P2/c1-2-3-7-12-36(28,29)35-37(30,31)32-13-15-17(25)18(34-20(26)14-8-5-4-6-9-14)19(33-15)23-11-10-16(24)22-21(23)27/h4-6,8-11,15,17-19,25H,2-3,7,12-13H2,1H3,(H,28,29)(H,30,31)(H,22,24,27)/p-2/t15-,17+,18?,19-/m1/s1. The van der Waals surface area contributed by atoms with Gasteiger partial charge in [-0.3, -0.25) is 23.2 Å². The van der Waals surface area contributed by atoms with Gasteiger partial charge < -0.3 is 33.5 Å². The number of phosphoric acid groups is 1. The zero-order valence-corrected chi connectivity index (χ0v) is 21.5. The molecule has 0 bridgehead atoms. The van der Waals surface area contributed by atoms with Crippen LogP contribution in [0.25, 0.3) is 0 Å². The monoisotopic (exact) mass is 560 g/mol. The number of rotatable bonds is 12. The van der Waals surface area contributed by atoms with Gasteiger partial charge in [-0.05, 0) is 18.6 Å². The molecule has 1 aromatic carbocycles.